The van der Waals surface area contributed by atoms with Gasteiger partial charge in [-0.3, -0.25) is 0 Å². The summed E-state index contributed by atoms with van der Waals surface area (Å²) in [7, 11) is -2.14. The standard InChI is InChI=1S/C20H21N3O4S/c1-26-16-10-12-17(13-11-16)28(24,25)23-14-6-5-9-18(23)20-21-19(22-27-20)15-7-3-2-4-8-15/h2-4,7-8,10-13,18H,5-6,9,14H2,1H3. The Kier molecular flexibility index (Phi) is 5.15. The Morgan fingerprint density at radius 1 is 1.07 bits per heavy atom. The Balaban J connectivity index is 1.65. The summed E-state index contributed by atoms with van der Waals surface area (Å²) in [6, 6.07) is 15.4. The zero-order valence-corrected chi connectivity index (χ0v) is 16.3. The molecule has 1 fully saturated rings. The molecule has 1 saturated heterocycles. The van der Waals surface area contributed by atoms with Gasteiger partial charge in [0.2, 0.25) is 21.7 Å². The normalized spacial score (nSPS) is 18.1. The van der Waals surface area contributed by atoms with Gasteiger partial charge in [-0.1, -0.05) is 41.9 Å². The highest BCUT2D eigenvalue weighted by Gasteiger charge is 2.37. The van der Waals surface area contributed by atoms with Crippen LogP contribution in [0.3, 0.4) is 0 Å². The van der Waals surface area contributed by atoms with E-state index in [1.807, 2.05) is 30.3 Å². The number of rotatable bonds is 5. The summed E-state index contributed by atoms with van der Waals surface area (Å²) >= 11 is 0. The molecule has 1 unspecified atom stereocenters. The fraction of sp³-hybridized carbons (Fsp3) is 0.300. The topological polar surface area (TPSA) is 85.5 Å². The van der Waals surface area contributed by atoms with E-state index in [9.17, 15) is 8.42 Å². The third-order valence-electron chi connectivity index (χ3n) is 4.88. The zero-order valence-electron chi connectivity index (χ0n) is 15.5. The van der Waals surface area contributed by atoms with E-state index in [4.69, 9.17) is 9.26 Å². The predicted molar refractivity (Wildman–Crippen MR) is 103 cm³/mol. The molecule has 146 valence electrons. The smallest absolute Gasteiger partial charge is 0.245 e. The first-order chi connectivity index (χ1) is 13.6. The van der Waals surface area contributed by atoms with E-state index < -0.39 is 16.1 Å². The van der Waals surface area contributed by atoms with Gasteiger partial charge in [0.1, 0.15) is 11.8 Å². The van der Waals surface area contributed by atoms with E-state index in [1.165, 1.54) is 4.31 Å². The third kappa shape index (κ3) is 3.53. The van der Waals surface area contributed by atoms with Crippen LogP contribution >= 0.6 is 0 Å². The maximum absolute atomic E-state index is 13.2. The van der Waals surface area contributed by atoms with Crippen LogP contribution in [-0.4, -0.2) is 36.5 Å². The predicted octanol–water partition coefficient (Wildman–Crippen LogP) is 3.66. The molecule has 0 saturated carbocycles. The summed E-state index contributed by atoms with van der Waals surface area (Å²) in [6.07, 6.45) is 2.35. The van der Waals surface area contributed by atoms with E-state index in [0.717, 1.165) is 18.4 Å². The Morgan fingerprint density at radius 3 is 2.54 bits per heavy atom. The van der Waals surface area contributed by atoms with Gasteiger partial charge in [-0.05, 0) is 37.1 Å². The highest BCUT2D eigenvalue weighted by atomic mass is 32.2. The van der Waals surface area contributed by atoms with Crippen molar-refractivity contribution in [3.8, 4) is 17.1 Å². The number of piperidine rings is 1. The summed E-state index contributed by atoms with van der Waals surface area (Å²) < 4.78 is 38.5. The average molecular weight is 399 g/mol. The molecule has 0 N–H and O–H groups in total. The molecule has 0 spiro atoms. The van der Waals surface area contributed by atoms with Crippen molar-refractivity contribution in [2.75, 3.05) is 13.7 Å². The van der Waals surface area contributed by atoms with Gasteiger partial charge in [0.25, 0.3) is 0 Å². The molecule has 7 nitrogen and oxygen atoms in total. The minimum atomic E-state index is -3.69. The van der Waals surface area contributed by atoms with Crippen LogP contribution in [0.4, 0.5) is 0 Å². The Morgan fingerprint density at radius 2 is 1.82 bits per heavy atom. The van der Waals surface area contributed by atoms with Gasteiger partial charge in [-0.15, -0.1) is 0 Å². The summed E-state index contributed by atoms with van der Waals surface area (Å²) in [5.74, 6) is 1.40. The molecule has 1 atom stereocenters. The second kappa shape index (κ2) is 7.73. The van der Waals surface area contributed by atoms with Crippen molar-refractivity contribution >= 4 is 10.0 Å². The molecule has 28 heavy (non-hydrogen) atoms. The van der Waals surface area contributed by atoms with Crippen molar-refractivity contribution in [1.82, 2.24) is 14.4 Å². The van der Waals surface area contributed by atoms with Crippen LogP contribution in [-0.2, 0) is 10.0 Å². The molecule has 0 bridgehead atoms. The van der Waals surface area contributed by atoms with Crippen LogP contribution in [0, 0.1) is 0 Å². The van der Waals surface area contributed by atoms with E-state index >= 15 is 0 Å². The van der Waals surface area contributed by atoms with Gasteiger partial charge in [0.05, 0.1) is 12.0 Å². The molecule has 1 aromatic heterocycles. The molecule has 8 heteroatoms. The second-order valence-corrected chi connectivity index (χ2v) is 8.52. The Labute approximate surface area is 164 Å². The van der Waals surface area contributed by atoms with Crippen LogP contribution in [0.5, 0.6) is 5.75 Å². The van der Waals surface area contributed by atoms with Gasteiger partial charge in [0, 0.05) is 12.1 Å². The molecule has 1 aliphatic rings. The van der Waals surface area contributed by atoms with Gasteiger partial charge in [0.15, 0.2) is 0 Å². The van der Waals surface area contributed by atoms with Gasteiger partial charge in [-0.25, -0.2) is 8.42 Å². The molecule has 1 aliphatic heterocycles. The van der Waals surface area contributed by atoms with Crippen molar-refractivity contribution in [3.05, 3.63) is 60.5 Å². The quantitative estimate of drug-likeness (QED) is 0.651. The lowest BCUT2D eigenvalue weighted by Gasteiger charge is -2.32. The second-order valence-electron chi connectivity index (χ2n) is 6.63. The number of sulfonamides is 1. The monoisotopic (exact) mass is 399 g/mol. The average Bonchev–Trinajstić information content (AvgIpc) is 3.25. The first kappa shape index (κ1) is 18.6. The number of hydrogen-bond acceptors (Lipinski definition) is 6. The molecule has 2 heterocycles. The van der Waals surface area contributed by atoms with Crippen LogP contribution in [0.25, 0.3) is 11.4 Å². The third-order valence-corrected chi connectivity index (χ3v) is 6.80. The largest absolute Gasteiger partial charge is 0.497 e. The lowest BCUT2D eigenvalue weighted by molar-refractivity contribution is 0.204. The van der Waals surface area contributed by atoms with E-state index in [0.29, 0.717) is 30.4 Å². The van der Waals surface area contributed by atoms with Gasteiger partial charge in [-0.2, -0.15) is 9.29 Å². The Bertz CT molecular complexity index is 1030. The fourth-order valence-electron chi connectivity index (χ4n) is 3.40. The highest BCUT2D eigenvalue weighted by molar-refractivity contribution is 7.89. The summed E-state index contributed by atoms with van der Waals surface area (Å²) in [5.41, 5.74) is 0.831. The van der Waals surface area contributed by atoms with Gasteiger partial charge >= 0.3 is 0 Å². The molecule has 0 radical (unpaired) electrons. The van der Waals surface area contributed by atoms with E-state index in [2.05, 4.69) is 10.1 Å². The zero-order chi connectivity index (χ0) is 19.6. The fourth-order valence-corrected chi connectivity index (χ4v) is 5.05. The summed E-state index contributed by atoms with van der Waals surface area (Å²) in [5, 5.41) is 4.05. The van der Waals surface area contributed by atoms with Crippen molar-refractivity contribution in [2.45, 2.75) is 30.2 Å². The molecule has 3 aromatic rings. The number of benzene rings is 2. The maximum Gasteiger partial charge on any atom is 0.245 e. The first-order valence-electron chi connectivity index (χ1n) is 9.14. The highest BCUT2D eigenvalue weighted by Crippen LogP contribution is 2.35. The minimum Gasteiger partial charge on any atom is -0.497 e. The van der Waals surface area contributed by atoms with Gasteiger partial charge < -0.3 is 9.26 Å². The van der Waals surface area contributed by atoms with E-state index in [-0.39, 0.29) is 4.90 Å². The molecule has 0 amide bonds. The van der Waals surface area contributed by atoms with E-state index in [1.54, 1.807) is 31.4 Å². The number of methoxy groups -OCH3 is 1. The van der Waals surface area contributed by atoms with Crippen LogP contribution < -0.4 is 4.74 Å². The van der Waals surface area contributed by atoms with Crippen molar-refractivity contribution in [3.63, 3.8) is 0 Å². The number of ether oxygens (including phenoxy) is 1. The summed E-state index contributed by atoms with van der Waals surface area (Å²) in [6.45, 7) is 0.419. The van der Waals surface area contributed by atoms with Crippen LogP contribution in [0.15, 0.2) is 64.0 Å². The summed E-state index contributed by atoms with van der Waals surface area (Å²) in [4.78, 5) is 4.71. The maximum atomic E-state index is 13.2. The van der Waals surface area contributed by atoms with Crippen molar-refractivity contribution in [2.24, 2.45) is 0 Å². The van der Waals surface area contributed by atoms with Crippen molar-refractivity contribution < 1.29 is 17.7 Å². The molecule has 4 rings (SSSR count). The number of nitrogens with zero attached hydrogens (tertiary/aromatic N) is 3. The lowest BCUT2D eigenvalue weighted by atomic mass is 10.1. The Hall–Kier alpha value is -2.71. The first-order valence-corrected chi connectivity index (χ1v) is 10.6. The number of hydrogen-bond donors (Lipinski definition) is 0. The van der Waals surface area contributed by atoms with Crippen LogP contribution in [0.2, 0.25) is 0 Å². The minimum absolute atomic E-state index is 0.225. The molecule has 2 aromatic carbocycles. The lowest BCUT2D eigenvalue weighted by Crippen LogP contribution is -2.38. The molecular formula is C20H21N3O4S. The number of aromatic nitrogens is 2. The van der Waals surface area contributed by atoms with Crippen LogP contribution in [0.1, 0.15) is 31.2 Å². The molecular weight excluding hydrogens is 378 g/mol. The molecule has 0 aliphatic carbocycles. The van der Waals surface area contributed by atoms with Crippen molar-refractivity contribution in [1.29, 1.82) is 0 Å². The SMILES string of the molecule is COc1ccc(S(=O)(=O)N2CCCCC2c2nc(-c3ccccc3)no2)cc1.